The topological polar surface area (TPSA) is 91.4 Å². The van der Waals surface area contributed by atoms with Gasteiger partial charge in [-0.15, -0.1) is 0 Å². The third kappa shape index (κ3) is 4.60. The molecule has 1 rings (SSSR count). The molecule has 1 heterocycles. The quantitative estimate of drug-likeness (QED) is 0.777. The van der Waals surface area contributed by atoms with Crippen LogP contribution < -0.4 is 10.0 Å². The van der Waals surface area contributed by atoms with Crippen LogP contribution in [-0.2, 0) is 10.0 Å². The van der Waals surface area contributed by atoms with Crippen LogP contribution in [0, 0.1) is 6.92 Å². The number of sulfonamides is 1. The third-order valence-electron chi connectivity index (χ3n) is 2.07. The lowest BCUT2D eigenvalue weighted by molar-refractivity contribution is 0.217. The number of halogens is 1. The number of rotatable bonds is 5. The van der Waals surface area contributed by atoms with Crippen molar-refractivity contribution >= 4 is 39.0 Å². The van der Waals surface area contributed by atoms with Crippen LogP contribution in [0.25, 0.3) is 0 Å². The molecular weight excluding hydrogens is 312 g/mol. The van der Waals surface area contributed by atoms with Gasteiger partial charge in [0.1, 0.15) is 0 Å². The van der Waals surface area contributed by atoms with Gasteiger partial charge in [0.15, 0.2) is 8.68 Å². The van der Waals surface area contributed by atoms with Crippen molar-refractivity contribution in [3.05, 3.63) is 10.2 Å². The summed E-state index contributed by atoms with van der Waals surface area (Å²) in [5.74, 6) is 0. The Morgan fingerprint density at radius 3 is 2.53 bits per heavy atom. The number of aryl methyl sites for hydroxylation is 1. The molecule has 0 saturated heterocycles. The summed E-state index contributed by atoms with van der Waals surface area (Å²) in [4.78, 5) is 16.4. The highest BCUT2D eigenvalue weighted by Crippen LogP contribution is 2.26. The molecule has 0 saturated carbocycles. The minimum atomic E-state index is -3.63. The Balaban J connectivity index is 2.53. The summed E-state index contributed by atoms with van der Waals surface area (Å²) in [6, 6.07) is -0.281. The molecule has 0 bridgehead atoms. The summed E-state index contributed by atoms with van der Waals surface area (Å²) in [5.41, 5.74) is 0.361. The summed E-state index contributed by atoms with van der Waals surface area (Å²) in [6.45, 7) is 1.86. The zero-order valence-corrected chi connectivity index (χ0v) is 13.1. The Kier molecular flexibility index (Phi) is 5.53. The van der Waals surface area contributed by atoms with E-state index in [1.807, 2.05) is 0 Å². The van der Waals surface area contributed by atoms with Gasteiger partial charge in [-0.1, -0.05) is 22.9 Å². The van der Waals surface area contributed by atoms with Gasteiger partial charge in [0, 0.05) is 27.2 Å². The van der Waals surface area contributed by atoms with Gasteiger partial charge in [0.05, 0.1) is 5.69 Å². The van der Waals surface area contributed by atoms with Gasteiger partial charge in [-0.3, -0.25) is 0 Å². The molecule has 2 N–H and O–H groups in total. The van der Waals surface area contributed by atoms with E-state index in [9.17, 15) is 13.2 Å². The molecule has 0 aromatic carbocycles. The molecule has 0 aliphatic carbocycles. The van der Waals surface area contributed by atoms with Crippen LogP contribution in [0.2, 0.25) is 4.47 Å². The van der Waals surface area contributed by atoms with E-state index in [2.05, 4.69) is 15.0 Å². The molecule has 108 valence electrons. The van der Waals surface area contributed by atoms with Crippen LogP contribution in [0.15, 0.2) is 4.21 Å². The number of thiazole rings is 1. The van der Waals surface area contributed by atoms with Crippen LogP contribution in [0.4, 0.5) is 4.79 Å². The molecule has 0 aliphatic heterocycles. The van der Waals surface area contributed by atoms with E-state index in [0.29, 0.717) is 5.69 Å². The second-order valence-corrected chi connectivity index (χ2v) is 7.41. The summed E-state index contributed by atoms with van der Waals surface area (Å²) in [5, 5.41) is 2.55. The zero-order chi connectivity index (χ0) is 14.6. The molecule has 0 unspecified atom stereocenters. The first-order valence-corrected chi connectivity index (χ1v) is 7.99. The number of carbonyl (C=O) groups excluding carboxylic acids is 1. The highest BCUT2D eigenvalue weighted by atomic mass is 35.5. The van der Waals surface area contributed by atoms with Crippen molar-refractivity contribution in [2.45, 2.75) is 11.1 Å². The van der Waals surface area contributed by atoms with E-state index in [1.165, 1.54) is 4.90 Å². The Morgan fingerprint density at radius 1 is 1.42 bits per heavy atom. The van der Waals surface area contributed by atoms with Crippen molar-refractivity contribution < 1.29 is 13.2 Å². The van der Waals surface area contributed by atoms with Gasteiger partial charge in [-0.25, -0.2) is 22.9 Å². The van der Waals surface area contributed by atoms with E-state index in [4.69, 9.17) is 11.6 Å². The Bertz CT molecular complexity index is 556. The van der Waals surface area contributed by atoms with Crippen molar-refractivity contribution in [3.8, 4) is 0 Å². The lowest BCUT2D eigenvalue weighted by Crippen LogP contribution is -2.39. The fourth-order valence-electron chi connectivity index (χ4n) is 1.18. The molecule has 0 fully saturated rings. The van der Waals surface area contributed by atoms with E-state index < -0.39 is 10.0 Å². The maximum atomic E-state index is 11.9. The first kappa shape index (κ1) is 16.2. The lowest BCUT2D eigenvalue weighted by atomic mass is 10.6. The number of hydrogen-bond acceptors (Lipinski definition) is 5. The van der Waals surface area contributed by atoms with Gasteiger partial charge in [-0.05, 0) is 6.92 Å². The van der Waals surface area contributed by atoms with E-state index in [0.717, 1.165) is 11.3 Å². The molecule has 10 heteroatoms. The molecule has 0 atom stereocenters. The first-order valence-electron chi connectivity index (χ1n) is 5.32. The van der Waals surface area contributed by atoms with Crippen LogP contribution in [0.3, 0.4) is 0 Å². The van der Waals surface area contributed by atoms with Gasteiger partial charge < -0.3 is 10.2 Å². The Labute approximate surface area is 121 Å². The van der Waals surface area contributed by atoms with Crippen LogP contribution >= 0.6 is 22.9 Å². The first-order chi connectivity index (χ1) is 8.74. The Hall–Kier alpha value is -0.900. The Morgan fingerprint density at radius 2 is 2.05 bits per heavy atom. The van der Waals surface area contributed by atoms with Gasteiger partial charge in [0.2, 0.25) is 0 Å². The highest BCUT2D eigenvalue weighted by Gasteiger charge is 2.20. The molecule has 2 amide bonds. The monoisotopic (exact) mass is 326 g/mol. The number of nitrogens with one attached hydrogen (secondary N) is 2. The number of carbonyl (C=O) groups is 1. The second kappa shape index (κ2) is 6.51. The maximum Gasteiger partial charge on any atom is 0.316 e. The molecule has 0 aliphatic rings. The van der Waals surface area contributed by atoms with Gasteiger partial charge in [-0.2, -0.15) is 0 Å². The SMILES string of the molecule is Cc1nc(Cl)sc1S(=O)(=O)NCCNC(=O)N(C)C. The van der Waals surface area contributed by atoms with Crippen LogP contribution in [0.1, 0.15) is 5.69 Å². The van der Waals surface area contributed by atoms with Crippen LogP contribution in [0.5, 0.6) is 0 Å². The fraction of sp³-hybridized carbons (Fsp3) is 0.556. The number of aromatic nitrogens is 1. The number of nitrogens with zero attached hydrogens (tertiary/aromatic N) is 2. The molecular formula is C9H15ClN4O3S2. The number of amides is 2. The largest absolute Gasteiger partial charge is 0.337 e. The van der Waals surface area contributed by atoms with E-state index >= 15 is 0 Å². The third-order valence-corrected chi connectivity index (χ3v) is 5.40. The lowest BCUT2D eigenvalue weighted by Gasteiger charge is -2.12. The number of urea groups is 1. The van der Waals surface area contributed by atoms with Crippen molar-refractivity contribution in [3.63, 3.8) is 0 Å². The molecule has 7 nitrogen and oxygen atoms in total. The molecule has 1 aromatic heterocycles. The molecule has 0 radical (unpaired) electrons. The average molecular weight is 327 g/mol. The van der Waals surface area contributed by atoms with Gasteiger partial charge >= 0.3 is 6.03 Å². The molecule has 1 aromatic rings. The second-order valence-electron chi connectivity index (χ2n) is 3.86. The van der Waals surface area contributed by atoms with Gasteiger partial charge in [0.25, 0.3) is 10.0 Å². The predicted octanol–water partition coefficient (Wildman–Crippen LogP) is 0.654. The summed E-state index contributed by atoms with van der Waals surface area (Å²) >= 11 is 6.56. The van der Waals surface area contributed by atoms with Crippen molar-refractivity contribution in [1.29, 1.82) is 0 Å². The van der Waals surface area contributed by atoms with E-state index in [1.54, 1.807) is 21.0 Å². The van der Waals surface area contributed by atoms with E-state index in [-0.39, 0.29) is 27.8 Å². The van der Waals surface area contributed by atoms with Crippen LogP contribution in [-0.4, -0.2) is 51.5 Å². The molecule has 19 heavy (non-hydrogen) atoms. The van der Waals surface area contributed by atoms with Crippen molar-refractivity contribution in [2.75, 3.05) is 27.2 Å². The van der Waals surface area contributed by atoms with Crippen molar-refractivity contribution in [2.24, 2.45) is 0 Å². The summed E-state index contributed by atoms with van der Waals surface area (Å²) < 4.78 is 26.5. The summed E-state index contributed by atoms with van der Waals surface area (Å²) in [6.07, 6.45) is 0. The smallest absolute Gasteiger partial charge is 0.316 e. The number of hydrogen-bond donors (Lipinski definition) is 2. The average Bonchev–Trinajstić information content (AvgIpc) is 2.64. The molecule has 0 spiro atoms. The standard InChI is InChI=1S/C9H15ClN4O3S2/c1-6-7(18-8(10)13-6)19(16,17)12-5-4-11-9(15)14(2)3/h12H,4-5H2,1-3H3,(H,11,15). The predicted molar refractivity (Wildman–Crippen MR) is 74.1 cm³/mol. The normalized spacial score (nSPS) is 11.4. The zero-order valence-electron chi connectivity index (χ0n) is 10.7. The maximum absolute atomic E-state index is 11.9. The minimum Gasteiger partial charge on any atom is -0.337 e. The summed E-state index contributed by atoms with van der Waals surface area (Å²) in [7, 11) is -0.433. The van der Waals surface area contributed by atoms with Crippen molar-refractivity contribution in [1.82, 2.24) is 19.9 Å². The minimum absolute atomic E-state index is 0.0939. The fourth-order valence-corrected chi connectivity index (χ4v) is 3.99. The highest BCUT2D eigenvalue weighted by molar-refractivity contribution is 7.91.